The standard InChI is InChI=1S/C13H17NO3S2/c1-3-6-14(8-11-4-5-11)19(16,17)13-7-12(9-15)18-10(13)2/h1,7,11,15H,4-6,8-9H2,2H3. The molecular formula is C13H17NO3S2. The normalized spacial score (nSPS) is 15.7. The van der Waals surface area contributed by atoms with Crippen LogP contribution in [0.4, 0.5) is 0 Å². The molecule has 0 bridgehead atoms. The van der Waals surface area contributed by atoms with E-state index in [2.05, 4.69) is 5.92 Å². The number of terminal acetylenes is 1. The summed E-state index contributed by atoms with van der Waals surface area (Å²) in [6, 6.07) is 1.55. The summed E-state index contributed by atoms with van der Waals surface area (Å²) in [6.45, 7) is 2.21. The highest BCUT2D eigenvalue weighted by atomic mass is 32.2. The fourth-order valence-electron chi connectivity index (χ4n) is 1.94. The molecule has 0 radical (unpaired) electrons. The van der Waals surface area contributed by atoms with Crippen LogP contribution in [0, 0.1) is 25.2 Å². The van der Waals surface area contributed by atoms with Gasteiger partial charge >= 0.3 is 0 Å². The van der Waals surface area contributed by atoms with Crippen LogP contribution < -0.4 is 0 Å². The minimum Gasteiger partial charge on any atom is -0.391 e. The van der Waals surface area contributed by atoms with Crippen molar-refractivity contribution in [3.63, 3.8) is 0 Å². The predicted molar refractivity (Wildman–Crippen MR) is 75.3 cm³/mol. The lowest BCUT2D eigenvalue weighted by atomic mass is 10.4. The number of aryl methyl sites for hydroxylation is 1. The van der Waals surface area contributed by atoms with Crippen LogP contribution in [0.5, 0.6) is 0 Å². The smallest absolute Gasteiger partial charge is 0.245 e. The van der Waals surface area contributed by atoms with E-state index in [4.69, 9.17) is 11.5 Å². The molecule has 19 heavy (non-hydrogen) atoms. The summed E-state index contributed by atoms with van der Waals surface area (Å²) in [5, 5.41) is 9.11. The summed E-state index contributed by atoms with van der Waals surface area (Å²) in [7, 11) is -3.55. The first kappa shape index (κ1) is 14.5. The molecule has 1 fully saturated rings. The topological polar surface area (TPSA) is 57.6 Å². The van der Waals surface area contributed by atoms with E-state index in [1.54, 1.807) is 13.0 Å². The zero-order chi connectivity index (χ0) is 14.0. The number of nitrogens with zero attached hydrogens (tertiary/aromatic N) is 1. The van der Waals surface area contributed by atoms with Crippen LogP contribution in [0.2, 0.25) is 0 Å². The number of thiophene rings is 1. The van der Waals surface area contributed by atoms with E-state index in [0.717, 1.165) is 12.8 Å². The van der Waals surface area contributed by atoms with Crippen LogP contribution in [0.15, 0.2) is 11.0 Å². The molecule has 0 aliphatic heterocycles. The molecule has 0 unspecified atom stereocenters. The maximum Gasteiger partial charge on any atom is 0.245 e. The van der Waals surface area contributed by atoms with Gasteiger partial charge in [0, 0.05) is 16.3 Å². The highest BCUT2D eigenvalue weighted by Gasteiger charge is 2.32. The van der Waals surface area contributed by atoms with Gasteiger partial charge in [0.05, 0.1) is 18.0 Å². The lowest BCUT2D eigenvalue weighted by Gasteiger charge is -2.19. The summed E-state index contributed by atoms with van der Waals surface area (Å²) >= 11 is 1.30. The summed E-state index contributed by atoms with van der Waals surface area (Å²) in [6.07, 6.45) is 7.42. The maximum absolute atomic E-state index is 12.6. The van der Waals surface area contributed by atoms with Crippen molar-refractivity contribution >= 4 is 21.4 Å². The predicted octanol–water partition coefficient (Wildman–Crippen LogP) is 1.58. The highest BCUT2D eigenvalue weighted by Crippen LogP contribution is 2.33. The van der Waals surface area contributed by atoms with Crippen molar-refractivity contribution in [2.45, 2.75) is 31.3 Å². The second kappa shape index (κ2) is 5.63. The van der Waals surface area contributed by atoms with E-state index in [1.807, 2.05) is 0 Å². The summed E-state index contributed by atoms with van der Waals surface area (Å²) in [5.74, 6) is 2.86. The second-order valence-corrected chi connectivity index (χ2v) is 7.98. The Bertz CT molecular complexity index is 594. The van der Waals surface area contributed by atoms with Gasteiger partial charge in [-0.25, -0.2) is 8.42 Å². The van der Waals surface area contributed by atoms with Crippen molar-refractivity contribution in [1.29, 1.82) is 0 Å². The molecule has 0 atom stereocenters. The summed E-state index contributed by atoms with van der Waals surface area (Å²) < 4.78 is 26.6. The Kier molecular flexibility index (Phi) is 4.31. The Hall–Kier alpha value is -0.870. The van der Waals surface area contributed by atoms with Gasteiger partial charge < -0.3 is 5.11 Å². The van der Waals surface area contributed by atoms with Crippen molar-refractivity contribution in [2.24, 2.45) is 5.92 Å². The van der Waals surface area contributed by atoms with Gasteiger partial charge in [0.2, 0.25) is 10.0 Å². The van der Waals surface area contributed by atoms with Gasteiger partial charge in [-0.2, -0.15) is 4.31 Å². The summed E-state index contributed by atoms with van der Waals surface area (Å²) in [5.41, 5.74) is 0. The van der Waals surface area contributed by atoms with Gasteiger partial charge in [-0.3, -0.25) is 0 Å². The van der Waals surface area contributed by atoms with Crippen LogP contribution in [0.1, 0.15) is 22.6 Å². The first-order chi connectivity index (χ1) is 8.98. The summed E-state index contributed by atoms with van der Waals surface area (Å²) in [4.78, 5) is 1.63. The molecule has 0 aromatic carbocycles. The molecule has 1 heterocycles. The Morgan fingerprint density at radius 2 is 2.26 bits per heavy atom. The van der Waals surface area contributed by atoms with Crippen molar-refractivity contribution in [3.05, 3.63) is 15.8 Å². The van der Waals surface area contributed by atoms with Gasteiger partial charge in [-0.15, -0.1) is 17.8 Å². The molecule has 0 spiro atoms. The first-order valence-electron chi connectivity index (χ1n) is 6.12. The fraction of sp³-hybridized carbons (Fsp3) is 0.538. The first-order valence-corrected chi connectivity index (χ1v) is 8.38. The number of hydrogen-bond acceptors (Lipinski definition) is 4. The molecule has 4 nitrogen and oxygen atoms in total. The molecule has 104 valence electrons. The van der Waals surface area contributed by atoms with E-state index in [1.165, 1.54) is 15.6 Å². The van der Waals surface area contributed by atoms with Crippen molar-refractivity contribution in [3.8, 4) is 12.3 Å². The fourth-order valence-corrected chi connectivity index (χ4v) is 4.83. The number of sulfonamides is 1. The number of hydrogen-bond donors (Lipinski definition) is 1. The van der Waals surface area contributed by atoms with Crippen molar-refractivity contribution in [2.75, 3.05) is 13.1 Å². The SMILES string of the molecule is C#CCN(CC1CC1)S(=O)(=O)c1cc(CO)sc1C. The Balaban J connectivity index is 2.31. The third-order valence-electron chi connectivity index (χ3n) is 3.12. The third kappa shape index (κ3) is 3.18. The average molecular weight is 299 g/mol. The van der Waals surface area contributed by atoms with E-state index >= 15 is 0 Å². The van der Waals surface area contributed by atoms with E-state index in [-0.39, 0.29) is 18.0 Å². The van der Waals surface area contributed by atoms with E-state index in [9.17, 15) is 8.42 Å². The molecule has 1 aromatic heterocycles. The monoisotopic (exact) mass is 299 g/mol. The largest absolute Gasteiger partial charge is 0.391 e. The molecule has 1 N–H and O–H groups in total. The average Bonchev–Trinajstić information content (AvgIpc) is 3.09. The zero-order valence-electron chi connectivity index (χ0n) is 10.8. The molecule has 1 aliphatic rings. The lowest BCUT2D eigenvalue weighted by Crippen LogP contribution is -2.33. The van der Waals surface area contributed by atoms with Crippen LogP contribution in [0.3, 0.4) is 0 Å². The Labute approximate surface area is 118 Å². The minimum atomic E-state index is -3.55. The molecule has 2 rings (SSSR count). The zero-order valence-corrected chi connectivity index (χ0v) is 12.4. The molecule has 0 saturated heterocycles. The lowest BCUT2D eigenvalue weighted by molar-refractivity contribution is 0.285. The van der Waals surface area contributed by atoms with Crippen LogP contribution >= 0.6 is 11.3 Å². The van der Waals surface area contributed by atoms with Crippen LogP contribution in [0.25, 0.3) is 0 Å². The van der Waals surface area contributed by atoms with Crippen LogP contribution in [-0.4, -0.2) is 30.9 Å². The third-order valence-corrected chi connectivity index (χ3v) is 6.23. The molecule has 0 amide bonds. The second-order valence-electron chi connectivity index (χ2n) is 4.74. The molecule has 1 aliphatic carbocycles. The van der Waals surface area contributed by atoms with Gasteiger partial charge in [0.1, 0.15) is 0 Å². The number of aliphatic hydroxyl groups is 1. The number of aliphatic hydroxyl groups excluding tert-OH is 1. The molecule has 1 saturated carbocycles. The minimum absolute atomic E-state index is 0.0998. The molecular weight excluding hydrogens is 282 g/mol. The van der Waals surface area contributed by atoms with Crippen molar-refractivity contribution < 1.29 is 13.5 Å². The Morgan fingerprint density at radius 1 is 1.58 bits per heavy atom. The van der Waals surface area contributed by atoms with E-state index < -0.39 is 10.0 Å². The molecule has 1 aromatic rings. The van der Waals surface area contributed by atoms with Crippen molar-refractivity contribution in [1.82, 2.24) is 4.31 Å². The van der Waals surface area contributed by atoms with Gasteiger partial charge in [0.25, 0.3) is 0 Å². The Morgan fingerprint density at radius 3 is 2.74 bits per heavy atom. The quantitative estimate of drug-likeness (QED) is 0.812. The van der Waals surface area contributed by atoms with Gasteiger partial charge in [-0.05, 0) is 31.7 Å². The maximum atomic E-state index is 12.6. The van der Waals surface area contributed by atoms with Gasteiger partial charge in [0.15, 0.2) is 0 Å². The number of rotatable bonds is 6. The van der Waals surface area contributed by atoms with Gasteiger partial charge in [-0.1, -0.05) is 5.92 Å². The highest BCUT2D eigenvalue weighted by molar-refractivity contribution is 7.89. The van der Waals surface area contributed by atoms with E-state index in [0.29, 0.717) is 22.2 Å². The molecule has 6 heteroatoms. The van der Waals surface area contributed by atoms with Crippen LogP contribution in [-0.2, 0) is 16.6 Å².